The van der Waals surface area contributed by atoms with Crippen LogP contribution in [0.5, 0.6) is 11.5 Å². The Morgan fingerprint density at radius 3 is 2.33 bits per heavy atom. The Bertz CT molecular complexity index is 1380. The van der Waals surface area contributed by atoms with Gasteiger partial charge >= 0.3 is 12.0 Å². The minimum absolute atomic E-state index is 0.00926. The molecule has 1 fully saturated rings. The maximum atomic E-state index is 13.1. The molecule has 1 saturated heterocycles. The molecule has 10 heteroatoms. The summed E-state index contributed by atoms with van der Waals surface area (Å²) in [6.07, 6.45) is 1.34. The molecule has 0 spiro atoms. The predicted molar refractivity (Wildman–Crippen MR) is 134 cm³/mol. The van der Waals surface area contributed by atoms with Crippen LogP contribution in [0.25, 0.3) is 6.08 Å². The fourth-order valence-electron chi connectivity index (χ4n) is 3.45. The standard InChI is InChI=1S/C26H19BrN2O7/c1-35-22-13-16(4-11-21(22)36-14-15-2-7-18(27)8-3-15)12-20-23(30)28-26(34)29(24(20)31)19-9-5-17(6-10-19)25(32)33/h2-13H,14H2,1H3,(H,32,33)(H,28,30,34)/b20-12+. The zero-order valence-corrected chi connectivity index (χ0v) is 20.4. The number of hydrogen-bond donors (Lipinski definition) is 2. The zero-order chi connectivity index (χ0) is 25.8. The molecule has 0 unspecified atom stereocenters. The van der Waals surface area contributed by atoms with Crippen LogP contribution < -0.4 is 19.7 Å². The van der Waals surface area contributed by atoms with Crippen molar-refractivity contribution in [3.05, 3.63) is 93.5 Å². The Hall–Kier alpha value is -4.44. The number of nitrogens with zero attached hydrogens (tertiary/aromatic N) is 1. The van der Waals surface area contributed by atoms with Crippen LogP contribution in [0.1, 0.15) is 21.5 Å². The number of hydrogen-bond acceptors (Lipinski definition) is 6. The molecule has 1 heterocycles. The summed E-state index contributed by atoms with van der Waals surface area (Å²) in [6.45, 7) is 0.308. The van der Waals surface area contributed by atoms with E-state index in [0.29, 0.717) is 23.7 Å². The van der Waals surface area contributed by atoms with Crippen molar-refractivity contribution in [2.45, 2.75) is 6.61 Å². The van der Waals surface area contributed by atoms with E-state index in [1.807, 2.05) is 24.3 Å². The molecule has 0 bridgehead atoms. The van der Waals surface area contributed by atoms with E-state index in [4.69, 9.17) is 14.6 Å². The molecule has 4 amide bonds. The number of nitrogens with one attached hydrogen (secondary N) is 1. The van der Waals surface area contributed by atoms with E-state index in [2.05, 4.69) is 21.2 Å². The summed E-state index contributed by atoms with van der Waals surface area (Å²) in [5, 5.41) is 11.2. The van der Waals surface area contributed by atoms with Gasteiger partial charge in [0, 0.05) is 4.47 Å². The number of carboxylic acids is 1. The van der Waals surface area contributed by atoms with Gasteiger partial charge in [-0.3, -0.25) is 14.9 Å². The molecule has 0 aromatic heterocycles. The van der Waals surface area contributed by atoms with Gasteiger partial charge in [0.2, 0.25) is 0 Å². The van der Waals surface area contributed by atoms with Crippen LogP contribution in [0.2, 0.25) is 0 Å². The minimum atomic E-state index is -1.15. The summed E-state index contributed by atoms with van der Waals surface area (Å²) in [4.78, 5) is 49.8. The van der Waals surface area contributed by atoms with Crippen molar-refractivity contribution >= 4 is 51.5 Å². The molecule has 36 heavy (non-hydrogen) atoms. The molecule has 4 rings (SSSR count). The number of halogens is 1. The van der Waals surface area contributed by atoms with E-state index in [9.17, 15) is 19.2 Å². The number of carbonyl (C=O) groups excluding carboxylic acids is 3. The lowest BCUT2D eigenvalue weighted by atomic mass is 10.1. The number of carboxylic acid groups (broad SMARTS) is 1. The van der Waals surface area contributed by atoms with Gasteiger partial charge in [-0.2, -0.15) is 0 Å². The molecule has 0 radical (unpaired) electrons. The molecule has 2 N–H and O–H groups in total. The Morgan fingerprint density at radius 2 is 1.69 bits per heavy atom. The van der Waals surface area contributed by atoms with Crippen LogP contribution >= 0.6 is 15.9 Å². The normalized spacial score (nSPS) is 14.6. The molecular weight excluding hydrogens is 532 g/mol. The van der Waals surface area contributed by atoms with E-state index < -0.39 is 23.8 Å². The summed E-state index contributed by atoms with van der Waals surface area (Å²) in [5.41, 5.74) is 1.26. The van der Waals surface area contributed by atoms with Crippen molar-refractivity contribution in [1.29, 1.82) is 0 Å². The minimum Gasteiger partial charge on any atom is -0.493 e. The van der Waals surface area contributed by atoms with Gasteiger partial charge < -0.3 is 14.6 Å². The van der Waals surface area contributed by atoms with Crippen LogP contribution in [0.3, 0.4) is 0 Å². The van der Waals surface area contributed by atoms with Crippen molar-refractivity contribution in [3.63, 3.8) is 0 Å². The van der Waals surface area contributed by atoms with Gasteiger partial charge in [0.05, 0.1) is 18.4 Å². The second-order valence-corrected chi connectivity index (χ2v) is 8.55. The average molecular weight is 551 g/mol. The molecule has 0 saturated carbocycles. The molecule has 1 aliphatic rings. The molecule has 182 valence electrons. The smallest absolute Gasteiger partial charge is 0.335 e. The summed E-state index contributed by atoms with van der Waals surface area (Å²) in [6, 6.07) is 16.8. The van der Waals surface area contributed by atoms with Crippen LogP contribution in [0.4, 0.5) is 10.5 Å². The second kappa shape index (κ2) is 10.4. The predicted octanol–water partition coefficient (Wildman–Crippen LogP) is 4.40. The highest BCUT2D eigenvalue weighted by Gasteiger charge is 2.36. The third-order valence-corrected chi connectivity index (χ3v) is 5.81. The average Bonchev–Trinajstić information content (AvgIpc) is 2.86. The fourth-order valence-corrected chi connectivity index (χ4v) is 3.71. The summed E-state index contributed by atoms with van der Waals surface area (Å²) < 4.78 is 12.2. The number of rotatable bonds is 7. The van der Waals surface area contributed by atoms with E-state index in [1.165, 1.54) is 37.5 Å². The largest absolute Gasteiger partial charge is 0.493 e. The van der Waals surface area contributed by atoms with Crippen LogP contribution in [-0.4, -0.2) is 36.0 Å². The van der Waals surface area contributed by atoms with Crippen molar-refractivity contribution in [2.24, 2.45) is 0 Å². The zero-order valence-electron chi connectivity index (χ0n) is 18.9. The van der Waals surface area contributed by atoms with Crippen LogP contribution in [0.15, 0.2) is 76.8 Å². The molecule has 1 aliphatic heterocycles. The van der Waals surface area contributed by atoms with Crippen LogP contribution in [-0.2, 0) is 16.2 Å². The number of urea groups is 1. The number of aromatic carboxylic acids is 1. The van der Waals surface area contributed by atoms with Gasteiger partial charge in [-0.15, -0.1) is 0 Å². The van der Waals surface area contributed by atoms with Gasteiger partial charge in [-0.25, -0.2) is 14.5 Å². The number of anilines is 1. The van der Waals surface area contributed by atoms with Crippen molar-refractivity contribution in [2.75, 3.05) is 12.0 Å². The van der Waals surface area contributed by atoms with E-state index in [-0.39, 0.29) is 16.8 Å². The number of benzene rings is 3. The SMILES string of the molecule is COc1cc(/C=C2\C(=O)NC(=O)N(c3ccc(C(=O)O)cc3)C2=O)ccc1OCc1ccc(Br)cc1. The summed E-state index contributed by atoms with van der Waals surface area (Å²) in [7, 11) is 1.47. The molecule has 3 aromatic carbocycles. The molecular formula is C26H19BrN2O7. The first-order valence-corrected chi connectivity index (χ1v) is 11.4. The van der Waals surface area contributed by atoms with Gasteiger partial charge in [-0.05, 0) is 65.7 Å². The topological polar surface area (TPSA) is 122 Å². The monoisotopic (exact) mass is 550 g/mol. The molecule has 3 aromatic rings. The third kappa shape index (κ3) is 5.28. The number of ether oxygens (including phenoxy) is 2. The number of methoxy groups -OCH3 is 1. The molecule has 0 aliphatic carbocycles. The summed E-state index contributed by atoms with van der Waals surface area (Å²) in [5.74, 6) is -1.98. The Kier molecular flexibility index (Phi) is 7.16. The van der Waals surface area contributed by atoms with E-state index >= 15 is 0 Å². The second-order valence-electron chi connectivity index (χ2n) is 7.64. The highest BCUT2D eigenvalue weighted by atomic mass is 79.9. The first-order chi connectivity index (χ1) is 17.3. The number of barbiturate groups is 1. The quantitative estimate of drug-likeness (QED) is 0.330. The lowest BCUT2D eigenvalue weighted by Crippen LogP contribution is -2.54. The van der Waals surface area contributed by atoms with Crippen molar-refractivity contribution in [1.82, 2.24) is 5.32 Å². The fraction of sp³-hybridized carbons (Fsp3) is 0.0769. The van der Waals surface area contributed by atoms with Gasteiger partial charge in [-0.1, -0.05) is 34.1 Å². The number of imide groups is 2. The summed E-state index contributed by atoms with van der Waals surface area (Å²) >= 11 is 3.39. The maximum absolute atomic E-state index is 13.1. The molecule has 9 nitrogen and oxygen atoms in total. The maximum Gasteiger partial charge on any atom is 0.335 e. The van der Waals surface area contributed by atoms with Gasteiger partial charge in [0.1, 0.15) is 12.2 Å². The van der Waals surface area contributed by atoms with Gasteiger partial charge in [0.15, 0.2) is 11.5 Å². The lowest BCUT2D eigenvalue weighted by molar-refractivity contribution is -0.122. The van der Waals surface area contributed by atoms with Gasteiger partial charge in [0.25, 0.3) is 11.8 Å². The Balaban J connectivity index is 1.58. The highest BCUT2D eigenvalue weighted by molar-refractivity contribution is 9.10. The number of carbonyl (C=O) groups is 4. The van der Waals surface area contributed by atoms with Crippen molar-refractivity contribution in [3.8, 4) is 11.5 Å². The lowest BCUT2D eigenvalue weighted by Gasteiger charge is -2.26. The van der Waals surface area contributed by atoms with E-state index in [1.54, 1.807) is 18.2 Å². The number of amides is 4. The molecule has 0 atom stereocenters. The van der Waals surface area contributed by atoms with E-state index in [0.717, 1.165) is 14.9 Å². The Labute approximate surface area is 214 Å². The van der Waals surface area contributed by atoms with Crippen LogP contribution in [0, 0.1) is 0 Å². The highest BCUT2D eigenvalue weighted by Crippen LogP contribution is 2.30. The van der Waals surface area contributed by atoms with Crippen molar-refractivity contribution < 1.29 is 33.8 Å². The Morgan fingerprint density at radius 1 is 1.00 bits per heavy atom. The third-order valence-electron chi connectivity index (χ3n) is 5.28. The first-order valence-electron chi connectivity index (χ1n) is 10.6. The first kappa shape index (κ1) is 24.7.